The highest BCUT2D eigenvalue weighted by Crippen LogP contribution is 2.41. The molecule has 3 heterocycles. The van der Waals surface area contributed by atoms with Crippen molar-refractivity contribution in [1.82, 2.24) is 20.2 Å². The predicted molar refractivity (Wildman–Crippen MR) is 100 cm³/mol. The zero-order valence-electron chi connectivity index (χ0n) is 17.3. The summed E-state index contributed by atoms with van der Waals surface area (Å²) in [6.07, 6.45) is -15.7. The Balaban J connectivity index is 1.66. The van der Waals surface area contributed by atoms with E-state index in [4.69, 9.17) is 11.6 Å². The Morgan fingerprint density at radius 2 is 1.66 bits per heavy atom. The van der Waals surface area contributed by atoms with Gasteiger partial charge in [0.05, 0.1) is 5.03 Å². The minimum absolute atomic E-state index is 0.133. The van der Waals surface area contributed by atoms with Gasteiger partial charge in [-0.05, 0) is 32.6 Å². The molecule has 0 aromatic carbocycles. The highest BCUT2D eigenvalue weighted by molar-refractivity contribution is 6.32. The second kappa shape index (κ2) is 8.47. The monoisotopic (exact) mass is 492 g/mol. The number of rotatable bonds is 2. The van der Waals surface area contributed by atoms with Crippen molar-refractivity contribution in [2.75, 3.05) is 26.7 Å². The number of alkyl halides is 6. The van der Waals surface area contributed by atoms with Crippen LogP contribution in [0.3, 0.4) is 0 Å². The molecule has 7 nitrogen and oxygen atoms in total. The van der Waals surface area contributed by atoms with Gasteiger partial charge in [0.1, 0.15) is 6.04 Å². The summed E-state index contributed by atoms with van der Waals surface area (Å²) in [6, 6.07) is -0.765. The number of carbonyl (C=O) groups excluding carboxylic acids is 2. The molecule has 2 fully saturated rings. The number of hydrogen-bond acceptors (Lipinski definition) is 5. The normalized spacial score (nSPS) is 24.2. The Kier molecular flexibility index (Phi) is 6.55. The second-order valence-corrected chi connectivity index (χ2v) is 8.61. The van der Waals surface area contributed by atoms with Crippen LogP contribution in [0.25, 0.3) is 0 Å². The van der Waals surface area contributed by atoms with E-state index in [0.29, 0.717) is 30.1 Å². The van der Waals surface area contributed by atoms with Gasteiger partial charge < -0.3 is 19.5 Å². The van der Waals surface area contributed by atoms with Crippen molar-refractivity contribution in [2.24, 2.45) is 0 Å². The van der Waals surface area contributed by atoms with Crippen LogP contribution in [0.2, 0.25) is 0 Å². The molecule has 0 aliphatic carbocycles. The topological polar surface area (TPSA) is 65.1 Å². The van der Waals surface area contributed by atoms with Crippen LogP contribution in [-0.4, -0.2) is 83.5 Å². The van der Waals surface area contributed by atoms with E-state index >= 15 is 0 Å². The molecule has 0 radical (unpaired) electrons. The first-order chi connectivity index (χ1) is 14.7. The summed E-state index contributed by atoms with van der Waals surface area (Å²) in [7, 11) is 1.71. The molecule has 3 rings (SSSR count). The molecule has 182 valence electrons. The van der Waals surface area contributed by atoms with Crippen molar-refractivity contribution in [2.45, 2.75) is 62.6 Å². The van der Waals surface area contributed by atoms with Gasteiger partial charge in [0, 0.05) is 37.9 Å². The molecule has 1 N–H and O–H groups in total. The van der Waals surface area contributed by atoms with Gasteiger partial charge in [0.25, 0.3) is 6.10 Å². The Morgan fingerprint density at radius 1 is 1.09 bits per heavy atom. The fourth-order valence-corrected chi connectivity index (χ4v) is 4.71. The lowest BCUT2D eigenvalue weighted by atomic mass is 9.84. The Morgan fingerprint density at radius 3 is 2.12 bits per heavy atom. The van der Waals surface area contributed by atoms with Crippen LogP contribution < -0.4 is 5.43 Å². The number of likely N-dealkylation sites (tertiary alicyclic amines) is 2. The smallest absolute Gasteiger partial charge is 0.426 e. The molecule has 2 saturated heterocycles. The number of ether oxygens (including phenoxy) is 1. The molecule has 0 aromatic heterocycles. The quantitative estimate of drug-likeness (QED) is 0.599. The molecule has 32 heavy (non-hydrogen) atoms. The summed E-state index contributed by atoms with van der Waals surface area (Å²) < 4.78 is 79.8. The van der Waals surface area contributed by atoms with E-state index in [9.17, 15) is 35.9 Å². The first-order valence-corrected chi connectivity index (χ1v) is 10.3. The van der Waals surface area contributed by atoms with Gasteiger partial charge in [-0.2, -0.15) is 26.3 Å². The Bertz CT molecular complexity index is 781. The highest BCUT2D eigenvalue weighted by Gasteiger charge is 2.60. The lowest BCUT2D eigenvalue weighted by molar-refractivity contribution is -0.308. The number of halogens is 7. The Labute approximate surface area is 185 Å². The number of nitrogens with zero attached hydrogens (tertiary/aromatic N) is 3. The molecule has 1 unspecified atom stereocenters. The summed E-state index contributed by atoms with van der Waals surface area (Å²) in [6.45, 7) is 1.93. The minimum Gasteiger partial charge on any atom is -0.426 e. The van der Waals surface area contributed by atoms with Crippen LogP contribution in [0.4, 0.5) is 31.1 Å². The lowest BCUT2D eigenvalue weighted by Crippen LogP contribution is -2.59. The molecule has 2 amide bonds. The van der Waals surface area contributed by atoms with Crippen LogP contribution in [0, 0.1) is 0 Å². The van der Waals surface area contributed by atoms with Crippen LogP contribution in [0.1, 0.15) is 32.6 Å². The molecule has 1 atom stereocenters. The molecule has 1 spiro atoms. The summed E-state index contributed by atoms with van der Waals surface area (Å²) in [5, 5.41) is 1.98. The maximum atomic E-state index is 13.2. The van der Waals surface area contributed by atoms with E-state index in [1.807, 2.05) is 0 Å². The van der Waals surface area contributed by atoms with Gasteiger partial charge in [-0.15, -0.1) is 0 Å². The fourth-order valence-electron chi connectivity index (χ4n) is 4.44. The maximum absolute atomic E-state index is 13.2. The largest absolute Gasteiger partial charge is 0.434 e. The van der Waals surface area contributed by atoms with Crippen molar-refractivity contribution >= 4 is 23.6 Å². The summed E-state index contributed by atoms with van der Waals surface area (Å²) >= 11 is 6.29. The van der Waals surface area contributed by atoms with Gasteiger partial charge in [-0.1, -0.05) is 11.6 Å². The standard InChI is InChI=1S/C18H23ClF6N4O3/c1-10-11(19)12(26-27(10)2)13(30)29-7-3-4-16(29)5-8-28(9-6-16)15(31)32-14(17(20,21)22)18(23,24)25/h12,14,26H,3-9H2,1-2H3. The molecule has 0 bridgehead atoms. The van der Waals surface area contributed by atoms with E-state index in [1.54, 1.807) is 23.9 Å². The molecular formula is C18H23ClF6N4O3. The van der Waals surface area contributed by atoms with Gasteiger partial charge >= 0.3 is 18.4 Å². The van der Waals surface area contributed by atoms with Crippen molar-refractivity contribution in [3.63, 3.8) is 0 Å². The number of allylic oxidation sites excluding steroid dienone is 1. The summed E-state index contributed by atoms with van der Waals surface area (Å²) in [5.41, 5.74) is 3.02. The first-order valence-electron chi connectivity index (χ1n) is 9.94. The van der Waals surface area contributed by atoms with E-state index in [1.165, 1.54) is 0 Å². The van der Waals surface area contributed by atoms with Crippen LogP contribution in [0.5, 0.6) is 0 Å². The second-order valence-electron chi connectivity index (χ2n) is 8.21. The molecule has 0 aromatic rings. The third-order valence-electron chi connectivity index (χ3n) is 6.30. The van der Waals surface area contributed by atoms with E-state index in [-0.39, 0.29) is 31.8 Å². The Hall–Kier alpha value is -1.89. The van der Waals surface area contributed by atoms with Crippen molar-refractivity contribution in [1.29, 1.82) is 0 Å². The van der Waals surface area contributed by atoms with Crippen LogP contribution >= 0.6 is 11.6 Å². The predicted octanol–water partition coefficient (Wildman–Crippen LogP) is 3.36. The third kappa shape index (κ3) is 4.59. The van der Waals surface area contributed by atoms with Gasteiger partial charge in [-0.25, -0.2) is 10.2 Å². The van der Waals surface area contributed by atoms with Gasteiger partial charge in [0.15, 0.2) is 0 Å². The average Bonchev–Trinajstić information content (AvgIpc) is 3.20. The van der Waals surface area contributed by atoms with Gasteiger partial charge in [0.2, 0.25) is 5.91 Å². The van der Waals surface area contributed by atoms with Crippen molar-refractivity contribution in [3.05, 3.63) is 10.7 Å². The van der Waals surface area contributed by atoms with Crippen LogP contribution in [0.15, 0.2) is 10.7 Å². The third-order valence-corrected chi connectivity index (χ3v) is 6.79. The lowest BCUT2D eigenvalue weighted by Gasteiger charge is -2.45. The number of piperidine rings is 1. The molecule has 3 aliphatic heterocycles. The first kappa shape index (κ1) is 24.7. The molecular weight excluding hydrogens is 470 g/mol. The van der Waals surface area contributed by atoms with Gasteiger partial charge in [-0.3, -0.25) is 4.79 Å². The number of amides is 2. The fraction of sp³-hybridized carbons (Fsp3) is 0.778. The number of carbonyl (C=O) groups is 2. The maximum Gasteiger partial charge on any atom is 0.434 e. The van der Waals surface area contributed by atoms with E-state index < -0.39 is 36.1 Å². The highest BCUT2D eigenvalue weighted by atomic mass is 35.5. The zero-order valence-corrected chi connectivity index (χ0v) is 18.1. The van der Waals surface area contributed by atoms with E-state index in [2.05, 4.69) is 10.2 Å². The van der Waals surface area contributed by atoms with E-state index in [0.717, 1.165) is 4.90 Å². The van der Waals surface area contributed by atoms with Crippen molar-refractivity contribution < 1.29 is 40.7 Å². The molecule has 0 saturated carbocycles. The SMILES string of the molecule is CC1=C(Cl)C(C(=O)N2CCCC23CCN(C(=O)OC(C(F)(F)F)C(F)(F)F)CC3)NN1C. The summed E-state index contributed by atoms with van der Waals surface area (Å²) in [5.74, 6) is -0.263. The average molecular weight is 493 g/mol. The molecule has 14 heteroatoms. The molecule has 3 aliphatic rings. The minimum atomic E-state index is -5.77. The van der Waals surface area contributed by atoms with Crippen LogP contribution in [-0.2, 0) is 9.53 Å². The number of hydrazine groups is 1. The summed E-state index contributed by atoms with van der Waals surface area (Å²) in [4.78, 5) is 27.7. The van der Waals surface area contributed by atoms with Crippen molar-refractivity contribution in [3.8, 4) is 0 Å². The number of nitrogens with one attached hydrogen (secondary N) is 1. The number of hydrogen-bond donors (Lipinski definition) is 1. The zero-order chi connectivity index (χ0) is 24.1.